The van der Waals surface area contributed by atoms with Gasteiger partial charge in [-0.05, 0) is 37.8 Å². The topological polar surface area (TPSA) is 60.5 Å². The predicted octanol–water partition coefficient (Wildman–Crippen LogP) is 2.35. The molecule has 2 aromatic rings. The highest BCUT2D eigenvalue weighted by Crippen LogP contribution is 2.33. The molecule has 1 saturated heterocycles. The molecule has 128 valence electrons. The Balaban J connectivity index is 1.47. The van der Waals surface area contributed by atoms with Gasteiger partial charge in [-0.3, -0.25) is 9.48 Å². The maximum Gasteiger partial charge on any atom is 0.274 e. The number of carbonyl (C=O) groups is 1. The number of hydrogen-bond donors (Lipinski definition) is 0. The van der Waals surface area contributed by atoms with Crippen LogP contribution in [-0.4, -0.2) is 39.8 Å². The number of carbonyl (C=O) groups excluding carboxylic acids is 1. The Morgan fingerprint density at radius 2 is 2.17 bits per heavy atom. The van der Waals surface area contributed by atoms with Gasteiger partial charge in [0.05, 0.1) is 30.4 Å². The van der Waals surface area contributed by atoms with Crippen molar-refractivity contribution in [2.45, 2.75) is 38.9 Å². The summed E-state index contributed by atoms with van der Waals surface area (Å²) in [6.07, 6.45) is 5.29. The van der Waals surface area contributed by atoms with Gasteiger partial charge in [0, 0.05) is 32.1 Å². The Morgan fingerprint density at radius 1 is 1.38 bits per heavy atom. The van der Waals surface area contributed by atoms with Crippen molar-refractivity contribution in [1.82, 2.24) is 14.7 Å². The van der Waals surface area contributed by atoms with E-state index in [1.807, 2.05) is 36.5 Å². The minimum Gasteiger partial charge on any atom is -0.472 e. The number of aryl methyl sites for hydroxylation is 1. The number of rotatable bonds is 3. The fourth-order valence-electron chi connectivity index (χ4n) is 3.97. The molecule has 1 amide bonds. The molecule has 0 aliphatic carbocycles. The Bertz CT molecular complexity index is 744. The Kier molecular flexibility index (Phi) is 3.72. The molecule has 6 nitrogen and oxygen atoms in total. The smallest absolute Gasteiger partial charge is 0.274 e. The highest BCUT2D eigenvalue weighted by molar-refractivity contribution is 5.94. The normalized spacial score (nSPS) is 23.9. The van der Waals surface area contributed by atoms with Crippen molar-refractivity contribution in [3.63, 3.8) is 0 Å². The first kappa shape index (κ1) is 15.4. The second kappa shape index (κ2) is 5.77. The number of ether oxygens (including phenoxy) is 1. The molecular formula is C18H23N3O3. The largest absolute Gasteiger partial charge is 0.472 e. The van der Waals surface area contributed by atoms with Crippen LogP contribution in [0.2, 0.25) is 0 Å². The Labute approximate surface area is 141 Å². The summed E-state index contributed by atoms with van der Waals surface area (Å²) in [4.78, 5) is 14.8. The maximum absolute atomic E-state index is 12.9. The molecule has 0 N–H and O–H groups in total. The minimum absolute atomic E-state index is 0.0203. The third-order valence-corrected chi connectivity index (χ3v) is 5.06. The summed E-state index contributed by atoms with van der Waals surface area (Å²) >= 11 is 0. The molecule has 4 rings (SSSR count). The molecule has 6 heteroatoms. The molecule has 2 atom stereocenters. The summed E-state index contributed by atoms with van der Waals surface area (Å²) < 4.78 is 12.8. The van der Waals surface area contributed by atoms with E-state index < -0.39 is 0 Å². The summed E-state index contributed by atoms with van der Waals surface area (Å²) in [5.74, 6) is 0.559. The molecule has 0 aromatic carbocycles. The van der Waals surface area contributed by atoms with E-state index in [0.29, 0.717) is 11.6 Å². The van der Waals surface area contributed by atoms with Crippen LogP contribution in [0.4, 0.5) is 0 Å². The summed E-state index contributed by atoms with van der Waals surface area (Å²) in [6.45, 7) is 5.65. The maximum atomic E-state index is 12.9. The van der Waals surface area contributed by atoms with Crippen molar-refractivity contribution in [3.05, 3.63) is 41.1 Å². The lowest BCUT2D eigenvalue weighted by Gasteiger charge is -2.39. The summed E-state index contributed by atoms with van der Waals surface area (Å²) in [6, 6.07) is 1.99. The molecular weight excluding hydrogens is 306 g/mol. The van der Waals surface area contributed by atoms with Gasteiger partial charge in [0.25, 0.3) is 5.91 Å². The zero-order valence-electron chi connectivity index (χ0n) is 14.4. The number of nitrogens with zero attached hydrogens (tertiary/aromatic N) is 3. The van der Waals surface area contributed by atoms with Crippen molar-refractivity contribution in [1.29, 1.82) is 0 Å². The molecule has 0 saturated carbocycles. The molecule has 0 bridgehead atoms. The quantitative estimate of drug-likeness (QED) is 0.867. The molecule has 2 aromatic heterocycles. The van der Waals surface area contributed by atoms with Crippen LogP contribution in [0.15, 0.2) is 23.0 Å². The monoisotopic (exact) mass is 329 g/mol. The van der Waals surface area contributed by atoms with E-state index >= 15 is 0 Å². The number of aromatic nitrogens is 2. The van der Waals surface area contributed by atoms with E-state index in [1.165, 1.54) is 5.56 Å². The van der Waals surface area contributed by atoms with Crippen molar-refractivity contribution in [2.24, 2.45) is 13.0 Å². The third kappa shape index (κ3) is 2.55. The van der Waals surface area contributed by atoms with Gasteiger partial charge in [0.1, 0.15) is 0 Å². The lowest BCUT2D eigenvalue weighted by atomic mass is 9.92. The van der Waals surface area contributed by atoms with Crippen molar-refractivity contribution in [3.8, 4) is 0 Å². The van der Waals surface area contributed by atoms with Gasteiger partial charge < -0.3 is 14.1 Å². The van der Waals surface area contributed by atoms with Gasteiger partial charge >= 0.3 is 0 Å². The van der Waals surface area contributed by atoms with Crippen LogP contribution in [0.3, 0.4) is 0 Å². The van der Waals surface area contributed by atoms with Crippen LogP contribution in [0.1, 0.15) is 47.3 Å². The van der Waals surface area contributed by atoms with Gasteiger partial charge in [-0.2, -0.15) is 5.10 Å². The first-order valence-corrected chi connectivity index (χ1v) is 8.54. The van der Waals surface area contributed by atoms with Gasteiger partial charge in [-0.1, -0.05) is 0 Å². The van der Waals surface area contributed by atoms with Crippen LogP contribution >= 0.6 is 0 Å². The number of amides is 1. The molecule has 2 aliphatic rings. The highest BCUT2D eigenvalue weighted by atomic mass is 16.5. The van der Waals surface area contributed by atoms with Crippen LogP contribution < -0.4 is 0 Å². The van der Waals surface area contributed by atoms with E-state index in [9.17, 15) is 4.79 Å². The predicted molar refractivity (Wildman–Crippen MR) is 87.7 cm³/mol. The standard InChI is InChI=1S/C18H23N3O3/c1-11-6-15-16(19-20(3)17(15)12(2)24-11)18(22)21-8-14(9-21)7-13-4-5-23-10-13/h4-5,10-12,14H,6-9H2,1-3H3/t11-,12+/m1/s1. The number of likely N-dealkylation sites (tertiary alicyclic amines) is 1. The lowest BCUT2D eigenvalue weighted by molar-refractivity contribution is -0.00912. The molecule has 2 aliphatic heterocycles. The Morgan fingerprint density at radius 3 is 2.88 bits per heavy atom. The third-order valence-electron chi connectivity index (χ3n) is 5.06. The summed E-state index contributed by atoms with van der Waals surface area (Å²) in [5, 5.41) is 4.51. The van der Waals surface area contributed by atoms with Gasteiger partial charge in [0.2, 0.25) is 0 Å². The molecule has 4 heterocycles. The average Bonchev–Trinajstić information content (AvgIpc) is 3.09. The van der Waals surface area contributed by atoms with Crippen LogP contribution in [-0.2, 0) is 24.6 Å². The lowest BCUT2D eigenvalue weighted by Crippen LogP contribution is -2.51. The second-order valence-electron chi connectivity index (χ2n) is 7.04. The zero-order chi connectivity index (χ0) is 16.8. The van der Waals surface area contributed by atoms with Crippen molar-refractivity contribution in [2.75, 3.05) is 13.1 Å². The van der Waals surface area contributed by atoms with E-state index in [1.54, 1.807) is 12.5 Å². The van der Waals surface area contributed by atoms with Crippen LogP contribution in [0.5, 0.6) is 0 Å². The highest BCUT2D eigenvalue weighted by Gasteiger charge is 2.37. The van der Waals surface area contributed by atoms with Crippen molar-refractivity contribution >= 4 is 5.91 Å². The number of hydrogen-bond acceptors (Lipinski definition) is 4. The van der Waals surface area contributed by atoms with Gasteiger partial charge in [0.15, 0.2) is 5.69 Å². The van der Waals surface area contributed by atoms with Crippen molar-refractivity contribution < 1.29 is 13.9 Å². The SMILES string of the molecule is C[C@@H]1Cc2c(C(=O)N3CC(Cc4ccoc4)C3)nn(C)c2[C@H](C)O1. The fourth-order valence-corrected chi connectivity index (χ4v) is 3.97. The molecule has 0 spiro atoms. The van der Waals surface area contributed by atoms with Gasteiger partial charge in [-0.15, -0.1) is 0 Å². The molecule has 0 unspecified atom stereocenters. The Hall–Kier alpha value is -2.08. The zero-order valence-corrected chi connectivity index (χ0v) is 14.4. The number of fused-ring (bicyclic) bond motifs is 1. The molecule has 0 radical (unpaired) electrons. The molecule has 24 heavy (non-hydrogen) atoms. The van der Waals surface area contributed by atoms with Gasteiger partial charge in [-0.25, -0.2) is 0 Å². The molecule has 1 fully saturated rings. The average molecular weight is 329 g/mol. The van der Waals surface area contributed by atoms with E-state index in [2.05, 4.69) is 5.10 Å². The first-order valence-electron chi connectivity index (χ1n) is 8.54. The van der Waals surface area contributed by atoms with E-state index in [-0.39, 0.29) is 18.1 Å². The van der Waals surface area contributed by atoms with Crippen LogP contribution in [0, 0.1) is 5.92 Å². The first-order chi connectivity index (χ1) is 11.5. The minimum atomic E-state index is -0.0203. The fraction of sp³-hybridized carbons (Fsp3) is 0.556. The van der Waals surface area contributed by atoms with E-state index in [4.69, 9.17) is 9.15 Å². The van der Waals surface area contributed by atoms with E-state index in [0.717, 1.165) is 37.2 Å². The summed E-state index contributed by atoms with van der Waals surface area (Å²) in [7, 11) is 1.89. The summed E-state index contributed by atoms with van der Waals surface area (Å²) in [5.41, 5.74) is 3.90. The number of furan rings is 1. The van der Waals surface area contributed by atoms with Crippen LogP contribution in [0.25, 0.3) is 0 Å². The second-order valence-corrected chi connectivity index (χ2v) is 7.04.